The maximum atomic E-state index is 13.3. The van der Waals surface area contributed by atoms with Gasteiger partial charge < -0.3 is 14.4 Å². The van der Waals surface area contributed by atoms with Crippen LogP contribution in [0.25, 0.3) is 0 Å². The van der Waals surface area contributed by atoms with Crippen LogP contribution in [-0.2, 0) is 15.5 Å². The third kappa shape index (κ3) is 3.29. The normalized spacial score (nSPS) is 19.9. The Bertz CT molecular complexity index is 610. The fraction of sp³-hybridized carbons (Fsp3) is 0.533. The molecule has 126 valence electrons. The third-order valence-corrected chi connectivity index (χ3v) is 4.33. The van der Waals surface area contributed by atoms with E-state index in [9.17, 15) is 18.0 Å². The number of aliphatic hydroxyl groups is 1. The molecule has 1 aromatic carbocycles. The lowest BCUT2D eigenvalue weighted by molar-refractivity contribution is -0.136. The van der Waals surface area contributed by atoms with Crippen molar-refractivity contribution in [3.63, 3.8) is 0 Å². The highest BCUT2D eigenvalue weighted by molar-refractivity contribution is 6.62. The summed E-state index contributed by atoms with van der Waals surface area (Å²) < 4.78 is 51.1. The summed E-state index contributed by atoms with van der Waals surface area (Å²) in [6.45, 7) is 6.12. The second kappa shape index (κ2) is 5.61. The Morgan fingerprint density at radius 2 is 1.70 bits per heavy atom. The largest absolute Gasteiger partial charge is 0.495 e. The Labute approximate surface area is 132 Å². The molecule has 0 amide bonds. The maximum absolute atomic E-state index is 13.3. The van der Waals surface area contributed by atoms with Crippen LogP contribution >= 0.6 is 0 Å². The molecule has 0 saturated carbocycles. The molecule has 4 nitrogen and oxygen atoms in total. The number of carbonyl (C=O) groups is 1. The molecule has 0 unspecified atom stereocenters. The minimum atomic E-state index is -4.61. The predicted octanol–water partition coefficient (Wildman–Crippen LogP) is 2.18. The van der Waals surface area contributed by atoms with Crippen LogP contribution in [-0.4, -0.2) is 35.8 Å². The summed E-state index contributed by atoms with van der Waals surface area (Å²) in [4.78, 5) is 11.6. The second-order valence-corrected chi connectivity index (χ2v) is 6.47. The predicted molar refractivity (Wildman–Crippen MR) is 78.6 cm³/mol. The van der Waals surface area contributed by atoms with E-state index in [1.165, 1.54) is 0 Å². The van der Waals surface area contributed by atoms with Crippen LogP contribution in [0.4, 0.5) is 13.2 Å². The number of hydrogen-bond acceptors (Lipinski definition) is 4. The van der Waals surface area contributed by atoms with E-state index in [0.717, 1.165) is 18.2 Å². The van der Waals surface area contributed by atoms with Crippen molar-refractivity contribution in [1.82, 2.24) is 0 Å². The van der Waals surface area contributed by atoms with E-state index in [2.05, 4.69) is 0 Å². The fourth-order valence-electron chi connectivity index (χ4n) is 2.25. The van der Waals surface area contributed by atoms with Crippen LogP contribution in [0, 0.1) is 0 Å². The molecule has 1 aliphatic rings. The van der Waals surface area contributed by atoms with Crippen molar-refractivity contribution in [3.8, 4) is 0 Å². The second-order valence-electron chi connectivity index (χ2n) is 6.47. The number of halogens is 3. The van der Waals surface area contributed by atoms with Gasteiger partial charge in [0.25, 0.3) is 0 Å². The van der Waals surface area contributed by atoms with Gasteiger partial charge in [0.1, 0.15) is 6.61 Å². The highest BCUT2D eigenvalue weighted by Crippen LogP contribution is 2.38. The van der Waals surface area contributed by atoms with Gasteiger partial charge in [-0.05, 0) is 39.2 Å². The summed E-state index contributed by atoms with van der Waals surface area (Å²) in [6, 6.07) is 2.92. The van der Waals surface area contributed by atoms with Crippen molar-refractivity contribution in [3.05, 3.63) is 29.3 Å². The Hall–Kier alpha value is -1.38. The number of benzene rings is 1. The summed E-state index contributed by atoms with van der Waals surface area (Å²) in [5.41, 5.74) is -2.83. The smallest absolute Gasteiger partial charge is 0.399 e. The standard InChI is InChI=1S/C15H18BF3O4/c1-13(2)14(3,4)23-16(22-13)11-7-9(12(21)8-20)5-6-10(11)15(17,18)19/h5-7,20H,8H2,1-4H3. The highest BCUT2D eigenvalue weighted by atomic mass is 19.4. The van der Waals surface area contributed by atoms with Crippen LogP contribution in [0.15, 0.2) is 18.2 Å². The van der Waals surface area contributed by atoms with Crippen molar-refractivity contribution in [1.29, 1.82) is 0 Å². The monoisotopic (exact) mass is 330 g/mol. The maximum Gasteiger partial charge on any atom is 0.495 e. The zero-order valence-corrected chi connectivity index (χ0v) is 13.3. The van der Waals surface area contributed by atoms with E-state index in [-0.39, 0.29) is 11.0 Å². The minimum Gasteiger partial charge on any atom is -0.399 e. The zero-order chi connectivity index (χ0) is 17.6. The minimum absolute atomic E-state index is 0.0230. The van der Waals surface area contributed by atoms with Crippen molar-refractivity contribution in [2.75, 3.05) is 6.61 Å². The Morgan fingerprint density at radius 3 is 2.13 bits per heavy atom. The number of alkyl halides is 3. The van der Waals surface area contributed by atoms with Gasteiger partial charge in [-0.3, -0.25) is 4.79 Å². The number of Topliss-reactive ketones (excluding diaryl/α,β-unsaturated/α-hetero) is 1. The molecule has 0 bridgehead atoms. The first kappa shape index (κ1) is 18.0. The van der Waals surface area contributed by atoms with Gasteiger partial charge in [0.15, 0.2) is 5.78 Å². The number of rotatable bonds is 3. The SMILES string of the molecule is CC1(C)OB(c2cc(C(=O)CO)ccc2C(F)(F)F)OC1(C)C. The third-order valence-electron chi connectivity index (χ3n) is 4.33. The first-order valence-electron chi connectivity index (χ1n) is 7.10. The lowest BCUT2D eigenvalue weighted by Gasteiger charge is -2.32. The summed E-state index contributed by atoms with van der Waals surface area (Å²) in [5.74, 6) is -0.670. The van der Waals surface area contributed by atoms with Crippen LogP contribution in [0.3, 0.4) is 0 Å². The fourth-order valence-corrected chi connectivity index (χ4v) is 2.25. The first-order valence-corrected chi connectivity index (χ1v) is 7.10. The molecule has 1 N–H and O–H groups in total. The molecule has 1 aliphatic heterocycles. The van der Waals surface area contributed by atoms with Crippen molar-refractivity contribution >= 4 is 18.4 Å². The summed E-state index contributed by atoms with van der Waals surface area (Å²) in [7, 11) is -1.25. The molecule has 0 aromatic heterocycles. The lowest BCUT2D eigenvalue weighted by Crippen LogP contribution is -2.41. The van der Waals surface area contributed by atoms with Gasteiger partial charge in [0, 0.05) is 5.56 Å². The van der Waals surface area contributed by atoms with Gasteiger partial charge in [0.05, 0.1) is 16.8 Å². The Morgan fingerprint density at radius 1 is 1.17 bits per heavy atom. The molecule has 23 heavy (non-hydrogen) atoms. The Balaban J connectivity index is 2.53. The van der Waals surface area contributed by atoms with Gasteiger partial charge in [-0.1, -0.05) is 12.1 Å². The van der Waals surface area contributed by atoms with Gasteiger partial charge in [-0.25, -0.2) is 0 Å². The molecule has 0 radical (unpaired) electrons. The summed E-state index contributed by atoms with van der Waals surface area (Å²) >= 11 is 0. The van der Waals surface area contributed by atoms with Gasteiger partial charge in [-0.15, -0.1) is 0 Å². The summed E-state index contributed by atoms with van der Waals surface area (Å²) in [6.07, 6.45) is -4.61. The number of ketones is 1. The topological polar surface area (TPSA) is 55.8 Å². The van der Waals surface area contributed by atoms with E-state index in [4.69, 9.17) is 14.4 Å². The van der Waals surface area contributed by atoms with E-state index in [1.54, 1.807) is 27.7 Å². The molecule has 1 aromatic rings. The summed E-state index contributed by atoms with van der Waals surface area (Å²) in [5, 5.41) is 8.91. The molecule has 8 heteroatoms. The highest BCUT2D eigenvalue weighted by Gasteiger charge is 2.53. The van der Waals surface area contributed by atoms with Crippen LogP contribution in [0.5, 0.6) is 0 Å². The molecule has 1 fully saturated rings. The Kier molecular flexibility index (Phi) is 4.38. The van der Waals surface area contributed by atoms with Crippen molar-refractivity contribution in [2.24, 2.45) is 0 Å². The zero-order valence-electron chi connectivity index (χ0n) is 13.3. The van der Waals surface area contributed by atoms with Crippen molar-refractivity contribution < 1.29 is 32.4 Å². The molecule has 0 aliphatic carbocycles. The van der Waals surface area contributed by atoms with Crippen molar-refractivity contribution in [2.45, 2.75) is 45.1 Å². The van der Waals surface area contributed by atoms with Gasteiger partial charge in [-0.2, -0.15) is 13.2 Å². The van der Waals surface area contributed by atoms with E-state index in [1.807, 2.05) is 0 Å². The van der Waals surface area contributed by atoms with Crippen LogP contribution < -0.4 is 5.46 Å². The van der Waals surface area contributed by atoms with E-state index < -0.39 is 42.5 Å². The number of carbonyl (C=O) groups excluding carboxylic acids is 1. The molecular formula is C15H18BF3O4. The van der Waals surface area contributed by atoms with E-state index in [0.29, 0.717) is 0 Å². The average Bonchev–Trinajstić information content (AvgIpc) is 2.65. The molecule has 0 spiro atoms. The number of aliphatic hydroxyl groups excluding tert-OH is 1. The molecule has 2 rings (SSSR count). The van der Waals surface area contributed by atoms with Gasteiger partial charge in [0.2, 0.25) is 0 Å². The molecule has 1 saturated heterocycles. The van der Waals surface area contributed by atoms with Crippen LogP contribution in [0.2, 0.25) is 0 Å². The first-order chi connectivity index (χ1) is 10.4. The van der Waals surface area contributed by atoms with E-state index >= 15 is 0 Å². The average molecular weight is 330 g/mol. The number of hydrogen-bond donors (Lipinski definition) is 1. The molecule has 1 heterocycles. The quantitative estimate of drug-likeness (QED) is 0.682. The molecule has 0 atom stereocenters. The van der Waals surface area contributed by atoms with Crippen LogP contribution in [0.1, 0.15) is 43.6 Å². The van der Waals surface area contributed by atoms with Gasteiger partial charge >= 0.3 is 13.3 Å². The molecular weight excluding hydrogens is 312 g/mol. The lowest BCUT2D eigenvalue weighted by atomic mass is 9.74.